The van der Waals surface area contributed by atoms with E-state index in [1.165, 1.54) is 6.07 Å². The van der Waals surface area contributed by atoms with Gasteiger partial charge in [-0.05, 0) is 33.3 Å². The van der Waals surface area contributed by atoms with Gasteiger partial charge in [-0.15, -0.1) is 0 Å². The number of nitro benzene ring substituents is 1. The molecule has 26 heavy (non-hydrogen) atoms. The van der Waals surface area contributed by atoms with Crippen LogP contribution >= 0.6 is 11.6 Å². The van der Waals surface area contributed by atoms with Gasteiger partial charge in [0.1, 0.15) is 17.5 Å². The molecule has 0 aromatic heterocycles. The molecule has 0 saturated carbocycles. The van der Waals surface area contributed by atoms with E-state index in [0.717, 1.165) is 6.07 Å². The lowest BCUT2D eigenvalue weighted by Gasteiger charge is -2.22. The molecular formula is C16H22ClN3O6. The number of amides is 2. The lowest BCUT2D eigenvalue weighted by atomic mass is 10.1. The van der Waals surface area contributed by atoms with Crippen LogP contribution in [-0.4, -0.2) is 35.2 Å². The van der Waals surface area contributed by atoms with Crippen molar-refractivity contribution >= 4 is 29.3 Å². The molecule has 1 unspecified atom stereocenters. The molecule has 0 aliphatic carbocycles. The number of nitro groups is 1. The summed E-state index contributed by atoms with van der Waals surface area (Å²) in [7, 11) is 0. The highest BCUT2D eigenvalue weighted by molar-refractivity contribution is 6.34. The van der Waals surface area contributed by atoms with Gasteiger partial charge in [-0.25, -0.2) is 4.79 Å². The van der Waals surface area contributed by atoms with Gasteiger partial charge >= 0.3 is 6.09 Å². The molecular weight excluding hydrogens is 366 g/mol. The van der Waals surface area contributed by atoms with E-state index in [2.05, 4.69) is 5.32 Å². The minimum Gasteiger partial charge on any atom is -0.487 e. The van der Waals surface area contributed by atoms with Crippen molar-refractivity contribution in [2.24, 2.45) is 5.73 Å². The number of hydrogen-bond donors (Lipinski definition) is 2. The number of primary amides is 1. The number of nitrogens with one attached hydrogen (secondary N) is 1. The Kier molecular flexibility index (Phi) is 7.19. The maximum atomic E-state index is 11.7. The minimum absolute atomic E-state index is 0.0625. The van der Waals surface area contributed by atoms with Crippen molar-refractivity contribution < 1.29 is 24.0 Å². The fourth-order valence-electron chi connectivity index (χ4n) is 1.90. The predicted octanol–water partition coefficient (Wildman–Crippen LogP) is 3.03. The topological polar surface area (TPSA) is 134 Å². The van der Waals surface area contributed by atoms with Crippen molar-refractivity contribution in [2.75, 3.05) is 6.54 Å². The number of halogens is 1. The Balaban J connectivity index is 2.95. The van der Waals surface area contributed by atoms with E-state index in [4.69, 9.17) is 26.8 Å². The lowest BCUT2D eigenvalue weighted by Crippen LogP contribution is -2.38. The lowest BCUT2D eigenvalue weighted by molar-refractivity contribution is -0.384. The summed E-state index contributed by atoms with van der Waals surface area (Å²) in [6.45, 7) is 7.07. The summed E-state index contributed by atoms with van der Waals surface area (Å²) in [4.78, 5) is 33.4. The normalized spacial score (nSPS) is 12.2. The molecule has 9 nitrogen and oxygen atoms in total. The Morgan fingerprint density at radius 3 is 2.46 bits per heavy atom. The molecule has 0 heterocycles. The molecule has 10 heteroatoms. The summed E-state index contributed by atoms with van der Waals surface area (Å²) in [6.07, 6.45) is -0.717. The number of nitrogens with zero attached hydrogens (tertiary/aromatic N) is 1. The molecule has 3 N–H and O–H groups in total. The van der Waals surface area contributed by atoms with E-state index in [-0.39, 0.29) is 22.9 Å². The number of hydrogen-bond acceptors (Lipinski definition) is 6. The fraction of sp³-hybridized carbons (Fsp3) is 0.500. The molecule has 0 bridgehead atoms. The smallest absolute Gasteiger partial charge is 0.407 e. The molecule has 0 aliphatic rings. The number of rotatable bonds is 7. The van der Waals surface area contributed by atoms with E-state index in [1.54, 1.807) is 27.7 Å². The Morgan fingerprint density at radius 2 is 2.00 bits per heavy atom. The quantitative estimate of drug-likeness (QED) is 0.545. The van der Waals surface area contributed by atoms with Gasteiger partial charge in [0.15, 0.2) is 5.02 Å². The van der Waals surface area contributed by atoms with Gasteiger partial charge in [-0.2, -0.15) is 0 Å². The first-order valence-corrected chi connectivity index (χ1v) is 8.23. The van der Waals surface area contributed by atoms with Gasteiger partial charge in [-0.1, -0.05) is 18.5 Å². The van der Waals surface area contributed by atoms with Crippen LogP contribution in [0.25, 0.3) is 0 Å². The van der Waals surface area contributed by atoms with Gasteiger partial charge in [0.25, 0.3) is 5.69 Å². The minimum atomic E-state index is -0.852. The van der Waals surface area contributed by atoms with Gasteiger partial charge in [0.2, 0.25) is 5.91 Å². The average Bonchev–Trinajstić information content (AvgIpc) is 2.50. The number of ether oxygens (including phenoxy) is 2. The number of benzene rings is 1. The maximum absolute atomic E-state index is 11.7. The SMILES string of the molecule is CCC(CNC(=O)OC(C)(C)C)Oc1cc(C(N)=O)cc([N+](=O)[O-])c1Cl. The molecule has 0 aliphatic heterocycles. The van der Waals surface area contributed by atoms with Gasteiger partial charge < -0.3 is 20.5 Å². The van der Waals surface area contributed by atoms with Crippen LogP contribution < -0.4 is 15.8 Å². The third-order valence-electron chi connectivity index (χ3n) is 3.12. The standard InChI is InChI=1S/C16H22ClN3O6/c1-5-10(8-19-15(22)26-16(2,3)4)25-12-7-9(14(18)21)6-11(13(12)17)20(23)24/h6-7,10H,5,8H2,1-4H3,(H2,18,21)(H,19,22). The third-order valence-corrected chi connectivity index (χ3v) is 3.50. The van der Waals surface area contributed by atoms with Crippen LogP contribution in [0.2, 0.25) is 5.02 Å². The monoisotopic (exact) mass is 387 g/mol. The van der Waals surface area contributed by atoms with Crippen molar-refractivity contribution in [3.8, 4) is 5.75 Å². The first kappa shape index (κ1) is 21.5. The van der Waals surface area contributed by atoms with Crippen molar-refractivity contribution in [1.29, 1.82) is 0 Å². The Bertz CT molecular complexity index is 702. The van der Waals surface area contributed by atoms with Gasteiger partial charge in [0.05, 0.1) is 11.5 Å². The zero-order valence-electron chi connectivity index (χ0n) is 15.0. The summed E-state index contributed by atoms with van der Waals surface area (Å²) in [5.74, 6) is -0.915. The Morgan fingerprint density at radius 1 is 1.38 bits per heavy atom. The van der Waals surface area contributed by atoms with Crippen LogP contribution in [0.3, 0.4) is 0 Å². The van der Waals surface area contributed by atoms with Gasteiger partial charge in [-0.3, -0.25) is 14.9 Å². The van der Waals surface area contributed by atoms with Crippen molar-refractivity contribution in [3.05, 3.63) is 32.8 Å². The molecule has 0 radical (unpaired) electrons. The van der Waals surface area contributed by atoms with E-state index >= 15 is 0 Å². The third kappa shape index (κ3) is 6.40. The highest BCUT2D eigenvalue weighted by atomic mass is 35.5. The number of carbonyl (C=O) groups excluding carboxylic acids is 2. The summed E-state index contributed by atoms with van der Waals surface area (Å²) < 4.78 is 10.8. The number of carbonyl (C=O) groups is 2. The van der Waals surface area contributed by atoms with E-state index in [9.17, 15) is 19.7 Å². The molecule has 0 fully saturated rings. The largest absolute Gasteiger partial charge is 0.487 e. The van der Waals surface area contributed by atoms with E-state index in [0.29, 0.717) is 6.42 Å². The van der Waals surface area contributed by atoms with Crippen molar-refractivity contribution in [1.82, 2.24) is 5.32 Å². The van der Waals surface area contributed by atoms with Gasteiger partial charge in [0, 0.05) is 11.6 Å². The van der Waals surface area contributed by atoms with Crippen LogP contribution in [0.15, 0.2) is 12.1 Å². The van der Waals surface area contributed by atoms with Crippen LogP contribution in [0.5, 0.6) is 5.75 Å². The molecule has 1 rings (SSSR count). The molecule has 1 atom stereocenters. The highest BCUT2D eigenvalue weighted by Gasteiger charge is 2.23. The first-order chi connectivity index (χ1) is 11.9. The van der Waals surface area contributed by atoms with Crippen LogP contribution in [-0.2, 0) is 4.74 Å². The molecule has 144 valence electrons. The van der Waals surface area contributed by atoms with E-state index in [1.807, 2.05) is 0 Å². The summed E-state index contributed by atoms with van der Waals surface area (Å²) >= 11 is 6.00. The maximum Gasteiger partial charge on any atom is 0.407 e. The van der Waals surface area contributed by atoms with E-state index < -0.39 is 34.3 Å². The van der Waals surface area contributed by atoms with Crippen LogP contribution in [0.4, 0.5) is 10.5 Å². The van der Waals surface area contributed by atoms with Crippen molar-refractivity contribution in [3.63, 3.8) is 0 Å². The predicted molar refractivity (Wildman–Crippen MR) is 95.6 cm³/mol. The number of alkyl carbamates (subject to hydrolysis) is 1. The molecule has 2 amide bonds. The van der Waals surface area contributed by atoms with Crippen LogP contribution in [0.1, 0.15) is 44.5 Å². The van der Waals surface area contributed by atoms with Crippen LogP contribution in [0, 0.1) is 10.1 Å². The highest BCUT2D eigenvalue weighted by Crippen LogP contribution is 2.36. The second kappa shape index (κ2) is 8.70. The number of nitrogens with two attached hydrogens (primary N) is 1. The van der Waals surface area contributed by atoms with Crippen molar-refractivity contribution in [2.45, 2.75) is 45.8 Å². The summed E-state index contributed by atoms with van der Waals surface area (Å²) in [6, 6.07) is 2.21. The molecule has 0 spiro atoms. The second-order valence-electron chi connectivity index (χ2n) is 6.46. The summed E-state index contributed by atoms with van der Waals surface area (Å²) in [5.41, 5.74) is 3.94. The zero-order chi connectivity index (χ0) is 20.1. The second-order valence-corrected chi connectivity index (χ2v) is 6.84. The molecule has 1 aromatic rings. The fourth-order valence-corrected chi connectivity index (χ4v) is 2.13. The average molecular weight is 388 g/mol. The summed E-state index contributed by atoms with van der Waals surface area (Å²) in [5, 5.41) is 13.4. The zero-order valence-corrected chi connectivity index (χ0v) is 15.8. The Labute approximate surface area is 155 Å². The first-order valence-electron chi connectivity index (χ1n) is 7.85. The Hall–Kier alpha value is -2.55. The molecule has 0 saturated heterocycles. The molecule has 1 aromatic carbocycles.